The van der Waals surface area contributed by atoms with Gasteiger partial charge in [-0.15, -0.1) is 11.8 Å². The molecule has 25 heavy (non-hydrogen) atoms. The topological polar surface area (TPSA) is 23.6 Å². The average molecular weight is 358 g/mol. The number of piperazine rings is 1. The van der Waals surface area contributed by atoms with E-state index in [0.717, 1.165) is 43.4 Å². The van der Waals surface area contributed by atoms with Gasteiger partial charge in [-0.25, -0.2) is 4.39 Å². The lowest BCUT2D eigenvalue weighted by Crippen LogP contribution is -2.48. The summed E-state index contributed by atoms with van der Waals surface area (Å²) in [6, 6.07) is 16.9. The minimum atomic E-state index is -0.228. The summed E-state index contributed by atoms with van der Waals surface area (Å²) in [4.78, 5) is 17.7. The Morgan fingerprint density at radius 3 is 2.32 bits per heavy atom. The van der Waals surface area contributed by atoms with Crippen molar-refractivity contribution in [2.45, 2.75) is 17.9 Å². The Labute approximate surface area is 152 Å². The number of amides is 1. The van der Waals surface area contributed by atoms with Gasteiger partial charge in [-0.3, -0.25) is 9.69 Å². The van der Waals surface area contributed by atoms with Crippen LogP contribution in [0.5, 0.6) is 0 Å². The van der Waals surface area contributed by atoms with Gasteiger partial charge < -0.3 is 4.90 Å². The summed E-state index contributed by atoms with van der Waals surface area (Å²) in [6.45, 7) is 4.39. The lowest BCUT2D eigenvalue weighted by molar-refractivity contribution is -0.132. The van der Waals surface area contributed by atoms with Crippen LogP contribution in [0.2, 0.25) is 0 Å². The lowest BCUT2D eigenvalue weighted by Gasteiger charge is -2.34. The van der Waals surface area contributed by atoms with Crippen molar-refractivity contribution in [2.24, 2.45) is 0 Å². The highest BCUT2D eigenvalue weighted by molar-refractivity contribution is 7.99. The molecule has 1 heterocycles. The lowest BCUT2D eigenvalue weighted by atomic mass is 10.2. The van der Waals surface area contributed by atoms with Crippen molar-refractivity contribution in [1.82, 2.24) is 9.80 Å². The number of carbonyl (C=O) groups excluding carboxylic acids is 1. The number of halogens is 1. The van der Waals surface area contributed by atoms with Gasteiger partial charge in [0.1, 0.15) is 5.82 Å². The van der Waals surface area contributed by atoms with E-state index in [1.54, 1.807) is 23.9 Å². The molecule has 0 aromatic heterocycles. The standard InChI is InChI=1S/C20H23FN2OS/c21-18-6-8-19(9-7-18)25-15-10-20(24)23-13-11-22(12-14-23)16-17-4-2-1-3-5-17/h1-9H,10-16H2. The van der Waals surface area contributed by atoms with Crippen LogP contribution in [-0.4, -0.2) is 47.6 Å². The minimum Gasteiger partial charge on any atom is -0.340 e. The van der Waals surface area contributed by atoms with Crippen LogP contribution < -0.4 is 0 Å². The van der Waals surface area contributed by atoms with E-state index in [2.05, 4.69) is 29.2 Å². The van der Waals surface area contributed by atoms with Gasteiger partial charge in [0.2, 0.25) is 5.91 Å². The molecule has 3 nitrogen and oxygen atoms in total. The Hall–Kier alpha value is -1.85. The zero-order valence-electron chi connectivity index (χ0n) is 14.2. The maximum Gasteiger partial charge on any atom is 0.223 e. The van der Waals surface area contributed by atoms with Crippen molar-refractivity contribution < 1.29 is 9.18 Å². The second-order valence-corrected chi connectivity index (χ2v) is 7.36. The second-order valence-electron chi connectivity index (χ2n) is 6.19. The van der Waals surface area contributed by atoms with E-state index >= 15 is 0 Å². The summed E-state index contributed by atoms with van der Waals surface area (Å²) in [5, 5.41) is 0. The monoisotopic (exact) mass is 358 g/mol. The Morgan fingerprint density at radius 1 is 0.960 bits per heavy atom. The third-order valence-corrected chi connectivity index (χ3v) is 5.39. The molecule has 1 aliphatic heterocycles. The molecule has 3 rings (SSSR count). The number of thioether (sulfide) groups is 1. The molecule has 1 amide bonds. The highest BCUT2D eigenvalue weighted by Crippen LogP contribution is 2.19. The molecule has 0 radical (unpaired) electrons. The minimum absolute atomic E-state index is 0.217. The first-order valence-electron chi connectivity index (χ1n) is 8.63. The summed E-state index contributed by atoms with van der Waals surface area (Å²) in [6.07, 6.45) is 0.529. The molecule has 1 aliphatic rings. The highest BCUT2D eigenvalue weighted by atomic mass is 32.2. The van der Waals surface area contributed by atoms with Crippen LogP contribution in [0.3, 0.4) is 0 Å². The van der Waals surface area contributed by atoms with Gasteiger partial charge in [0.05, 0.1) is 0 Å². The Kier molecular flexibility index (Phi) is 6.48. The van der Waals surface area contributed by atoms with E-state index in [1.807, 2.05) is 11.0 Å². The number of benzene rings is 2. The molecule has 0 N–H and O–H groups in total. The summed E-state index contributed by atoms with van der Waals surface area (Å²) >= 11 is 1.60. The quantitative estimate of drug-likeness (QED) is 0.737. The molecule has 2 aromatic rings. The van der Waals surface area contributed by atoms with E-state index in [9.17, 15) is 9.18 Å². The highest BCUT2D eigenvalue weighted by Gasteiger charge is 2.20. The Morgan fingerprint density at radius 2 is 1.64 bits per heavy atom. The molecule has 0 spiro atoms. The van der Waals surface area contributed by atoms with Gasteiger partial charge >= 0.3 is 0 Å². The summed E-state index contributed by atoms with van der Waals surface area (Å²) in [5.74, 6) is 0.720. The van der Waals surface area contributed by atoms with Gasteiger partial charge in [-0.05, 0) is 29.8 Å². The Balaban J connectivity index is 1.37. The van der Waals surface area contributed by atoms with Gasteiger partial charge in [0, 0.05) is 49.8 Å². The summed E-state index contributed by atoms with van der Waals surface area (Å²) in [5.41, 5.74) is 1.32. The molecule has 1 saturated heterocycles. The summed E-state index contributed by atoms with van der Waals surface area (Å²) in [7, 11) is 0. The van der Waals surface area contributed by atoms with E-state index in [1.165, 1.54) is 17.7 Å². The van der Waals surface area contributed by atoms with Crippen LogP contribution in [0.4, 0.5) is 4.39 Å². The zero-order chi connectivity index (χ0) is 17.5. The van der Waals surface area contributed by atoms with Crippen LogP contribution in [-0.2, 0) is 11.3 Å². The maximum absolute atomic E-state index is 12.9. The van der Waals surface area contributed by atoms with E-state index in [0.29, 0.717) is 6.42 Å². The first kappa shape index (κ1) is 18.0. The largest absolute Gasteiger partial charge is 0.340 e. The fraction of sp³-hybridized carbons (Fsp3) is 0.350. The molecule has 2 aromatic carbocycles. The smallest absolute Gasteiger partial charge is 0.223 e. The molecule has 0 atom stereocenters. The molecular formula is C20H23FN2OS. The molecule has 0 unspecified atom stereocenters. The van der Waals surface area contributed by atoms with Crippen molar-refractivity contribution in [2.75, 3.05) is 31.9 Å². The number of rotatable bonds is 6. The third kappa shape index (κ3) is 5.58. The predicted molar refractivity (Wildman–Crippen MR) is 100 cm³/mol. The fourth-order valence-electron chi connectivity index (χ4n) is 2.94. The zero-order valence-corrected chi connectivity index (χ0v) is 15.1. The second kappa shape index (κ2) is 9.02. The van der Waals surface area contributed by atoms with Crippen molar-refractivity contribution in [3.63, 3.8) is 0 Å². The molecule has 1 fully saturated rings. The van der Waals surface area contributed by atoms with E-state index in [-0.39, 0.29) is 11.7 Å². The molecule has 5 heteroatoms. The SMILES string of the molecule is O=C(CCSc1ccc(F)cc1)N1CCN(Cc2ccccc2)CC1. The van der Waals surface area contributed by atoms with Gasteiger partial charge in [-0.1, -0.05) is 30.3 Å². The van der Waals surface area contributed by atoms with Crippen LogP contribution in [0.1, 0.15) is 12.0 Å². The van der Waals surface area contributed by atoms with Gasteiger partial charge in [0.15, 0.2) is 0 Å². The van der Waals surface area contributed by atoms with Crippen molar-refractivity contribution in [3.8, 4) is 0 Å². The molecule has 0 bridgehead atoms. The molecule has 132 valence electrons. The third-order valence-electron chi connectivity index (χ3n) is 4.37. The van der Waals surface area contributed by atoms with Crippen LogP contribution >= 0.6 is 11.8 Å². The Bertz CT molecular complexity index is 670. The predicted octanol–water partition coefficient (Wildman–Crippen LogP) is 3.65. The summed E-state index contributed by atoms with van der Waals surface area (Å²) < 4.78 is 12.9. The fourth-order valence-corrected chi connectivity index (χ4v) is 3.78. The van der Waals surface area contributed by atoms with Gasteiger partial charge in [0.25, 0.3) is 0 Å². The van der Waals surface area contributed by atoms with Crippen molar-refractivity contribution in [1.29, 1.82) is 0 Å². The van der Waals surface area contributed by atoms with Crippen molar-refractivity contribution in [3.05, 3.63) is 66.0 Å². The number of hydrogen-bond acceptors (Lipinski definition) is 3. The number of carbonyl (C=O) groups is 1. The number of nitrogens with zero attached hydrogens (tertiary/aromatic N) is 2. The van der Waals surface area contributed by atoms with Crippen LogP contribution in [0.25, 0.3) is 0 Å². The first-order valence-corrected chi connectivity index (χ1v) is 9.62. The molecular weight excluding hydrogens is 335 g/mol. The van der Waals surface area contributed by atoms with E-state index < -0.39 is 0 Å². The van der Waals surface area contributed by atoms with Crippen molar-refractivity contribution >= 4 is 17.7 Å². The number of hydrogen-bond donors (Lipinski definition) is 0. The van der Waals surface area contributed by atoms with Crippen LogP contribution in [0.15, 0.2) is 59.5 Å². The average Bonchev–Trinajstić information content (AvgIpc) is 2.65. The van der Waals surface area contributed by atoms with Gasteiger partial charge in [-0.2, -0.15) is 0 Å². The van der Waals surface area contributed by atoms with Crippen LogP contribution in [0, 0.1) is 5.82 Å². The van der Waals surface area contributed by atoms with E-state index in [4.69, 9.17) is 0 Å². The molecule has 0 aliphatic carbocycles. The maximum atomic E-state index is 12.9. The molecule has 0 saturated carbocycles. The normalized spacial score (nSPS) is 15.3. The first-order chi connectivity index (χ1) is 12.2.